The third kappa shape index (κ3) is 3.98. The fraction of sp³-hybridized carbons (Fsp3) is 0.412. The van der Waals surface area contributed by atoms with Gasteiger partial charge in [0.05, 0.1) is 6.42 Å². The van der Waals surface area contributed by atoms with Gasteiger partial charge >= 0.3 is 0 Å². The molecule has 0 bridgehead atoms. The maximum absolute atomic E-state index is 12.2. The lowest BCUT2D eigenvalue weighted by Gasteiger charge is -2.33. The van der Waals surface area contributed by atoms with E-state index in [-0.39, 0.29) is 17.5 Å². The van der Waals surface area contributed by atoms with Crippen molar-refractivity contribution in [1.29, 1.82) is 0 Å². The normalized spacial score (nSPS) is 17.5. The Balaban J connectivity index is 1.59. The number of hydrogen-bond acceptors (Lipinski definition) is 5. The van der Waals surface area contributed by atoms with Crippen molar-refractivity contribution in [2.24, 2.45) is 0 Å². The Bertz CT molecular complexity index is 756. The summed E-state index contributed by atoms with van der Waals surface area (Å²) in [6.45, 7) is 3.28. The highest BCUT2D eigenvalue weighted by molar-refractivity contribution is 5.78. The minimum atomic E-state index is -0.199. The van der Waals surface area contributed by atoms with Crippen LogP contribution in [0.25, 0.3) is 0 Å². The maximum atomic E-state index is 12.2. The van der Waals surface area contributed by atoms with Crippen LogP contribution >= 0.6 is 0 Å². The number of anilines is 1. The Morgan fingerprint density at radius 2 is 2.29 bits per heavy atom. The molecule has 1 aliphatic rings. The molecule has 1 amide bonds. The second-order valence-electron chi connectivity index (χ2n) is 6.08. The van der Waals surface area contributed by atoms with Crippen molar-refractivity contribution >= 4 is 11.7 Å². The highest BCUT2D eigenvalue weighted by Crippen LogP contribution is 2.14. The summed E-state index contributed by atoms with van der Waals surface area (Å²) in [5.41, 5.74) is 1.63. The minimum absolute atomic E-state index is 0.0195. The van der Waals surface area contributed by atoms with Gasteiger partial charge < -0.3 is 15.2 Å². The van der Waals surface area contributed by atoms with Gasteiger partial charge in [0.1, 0.15) is 0 Å². The van der Waals surface area contributed by atoms with Gasteiger partial charge in [-0.05, 0) is 31.4 Å². The fourth-order valence-corrected chi connectivity index (χ4v) is 2.92. The molecule has 1 atom stereocenters. The first-order valence-electron chi connectivity index (χ1n) is 8.11. The first-order chi connectivity index (χ1) is 11.6. The van der Waals surface area contributed by atoms with E-state index < -0.39 is 0 Å². The van der Waals surface area contributed by atoms with Crippen molar-refractivity contribution in [2.45, 2.75) is 32.2 Å². The fourth-order valence-electron chi connectivity index (χ4n) is 2.92. The third-order valence-corrected chi connectivity index (χ3v) is 4.11. The number of piperidine rings is 1. The smallest absolute Gasteiger partial charge is 0.290 e. The van der Waals surface area contributed by atoms with Gasteiger partial charge in [0.2, 0.25) is 5.91 Å². The van der Waals surface area contributed by atoms with Crippen molar-refractivity contribution in [2.75, 3.05) is 18.0 Å². The number of aromatic nitrogens is 3. The van der Waals surface area contributed by atoms with Gasteiger partial charge in [-0.3, -0.25) is 14.6 Å². The number of nitrogens with one attached hydrogen (secondary N) is 2. The van der Waals surface area contributed by atoms with Crippen LogP contribution in [0, 0.1) is 6.92 Å². The van der Waals surface area contributed by atoms with E-state index in [0.717, 1.165) is 30.6 Å². The summed E-state index contributed by atoms with van der Waals surface area (Å²) in [6, 6.07) is 3.84. The zero-order chi connectivity index (χ0) is 16.9. The number of pyridine rings is 1. The quantitative estimate of drug-likeness (QED) is 0.867. The van der Waals surface area contributed by atoms with Crippen molar-refractivity contribution in [3.05, 3.63) is 52.3 Å². The Hall–Kier alpha value is -2.70. The molecule has 1 saturated heterocycles. The van der Waals surface area contributed by atoms with Gasteiger partial charge in [-0.2, -0.15) is 0 Å². The maximum Gasteiger partial charge on any atom is 0.290 e. The Labute approximate surface area is 140 Å². The van der Waals surface area contributed by atoms with Crippen LogP contribution in [0.5, 0.6) is 0 Å². The third-order valence-electron chi connectivity index (χ3n) is 4.11. The first kappa shape index (κ1) is 16.2. The Kier molecular flexibility index (Phi) is 4.88. The largest absolute Gasteiger partial charge is 0.351 e. The summed E-state index contributed by atoms with van der Waals surface area (Å²) in [7, 11) is 0. The molecule has 24 heavy (non-hydrogen) atoms. The van der Waals surface area contributed by atoms with Crippen molar-refractivity contribution < 1.29 is 4.79 Å². The van der Waals surface area contributed by atoms with Crippen molar-refractivity contribution in [3.8, 4) is 0 Å². The van der Waals surface area contributed by atoms with Gasteiger partial charge in [0, 0.05) is 43.4 Å². The average molecular weight is 327 g/mol. The van der Waals surface area contributed by atoms with Crippen molar-refractivity contribution in [1.82, 2.24) is 20.3 Å². The number of carbonyl (C=O) groups excluding carboxylic acids is 1. The van der Waals surface area contributed by atoms with Gasteiger partial charge in [-0.25, -0.2) is 4.98 Å². The van der Waals surface area contributed by atoms with Crippen LogP contribution in [0.15, 0.2) is 35.5 Å². The van der Waals surface area contributed by atoms with Gasteiger partial charge in [-0.1, -0.05) is 6.07 Å². The van der Waals surface area contributed by atoms with Crippen LogP contribution in [0.4, 0.5) is 5.82 Å². The molecule has 1 aliphatic heterocycles. The molecular formula is C17H21N5O2. The number of carbonyl (C=O) groups is 1. The number of rotatable bonds is 4. The molecule has 0 unspecified atom stereocenters. The molecule has 2 N–H and O–H groups in total. The number of H-pyrrole nitrogens is 1. The number of hydrogen-bond donors (Lipinski definition) is 2. The molecule has 3 heterocycles. The second kappa shape index (κ2) is 7.25. The predicted octanol–water partition coefficient (Wildman–Crippen LogP) is 0.801. The summed E-state index contributed by atoms with van der Waals surface area (Å²) in [5.74, 6) is 0.390. The van der Waals surface area contributed by atoms with Crippen LogP contribution in [0.1, 0.15) is 24.1 Å². The highest BCUT2D eigenvalue weighted by Gasteiger charge is 2.23. The van der Waals surface area contributed by atoms with Gasteiger partial charge in [0.15, 0.2) is 5.82 Å². The topological polar surface area (TPSA) is 91.0 Å². The summed E-state index contributed by atoms with van der Waals surface area (Å²) in [5, 5.41) is 3.05. The molecular weight excluding hydrogens is 306 g/mol. The molecule has 2 aromatic rings. The molecule has 0 spiro atoms. The molecule has 2 aromatic heterocycles. The van der Waals surface area contributed by atoms with E-state index in [4.69, 9.17) is 0 Å². The zero-order valence-electron chi connectivity index (χ0n) is 13.7. The molecule has 1 fully saturated rings. The molecule has 126 valence electrons. The van der Waals surface area contributed by atoms with E-state index in [2.05, 4.69) is 20.3 Å². The van der Waals surface area contributed by atoms with E-state index in [1.807, 2.05) is 24.0 Å². The van der Waals surface area contributed by atoms with E-state index >= 15 is 0 Å². The Morgan fingerprint density at radius 1 is 1.42 bits per heavy atom. The van der Waals surface area contributed by atoms with Crippen LogP contribution in [0.2, 0.25) is 0 Å². The average Bonchev–Trinajstić information content (AvgIpc) is 2.57. The zero-order valence-corrected chi connectivity index (χ0v) is 13.7. The van der Waals surface area contributed by atoms with Crippen LogP contribution in [0.3, 0.4) is 0 Å². The molecule has 0 radical (unpaired) electrons. The van der Waals surface area contributed by atoms with E-state index in [0.29, 0.717) is 18.8 Å². The summed E-state index contributed by atoms with van der Waals surface area (Å²) < 4.78 is 0. The number of aromatic amines is 1. The molecule has 0 aromatic carbocycles. The van der Waals surface area contributed by atoms with Gasteiger partial charge in [-0.15, -0.1) is 0 Å². The summed E-state index contributed by atoms with van der Waals surface area (Å²) >= 11 is 0. The molecule has 0 saturated carbocycles. The van der Waals surface area contributed by atoms with Crippen LogP contribution in [-0.2, 0) is 11.2 Å². The molecule has 3 rings (SSSR count). The van der Waals surface area contributed by atoms with E-state index in [9.17, 15) is 9.59 Å². The van der Waals surface area contributed by atoms with E-state index in [1.54, 1.807) is 12.4 Å². The van der Waals surface area contributed by atoms with Crippen LogP contribution in [-0.4, -0.2) is 40.0 Å². The standard InChI is InChI=1S/C17H21N5O2/c1-12-4-5-13(10-20-12)9-15(23)21-14-3-2-8-22(11-14)16-17(24)19-7-6-18-16/h4-7,10,14H,2-3,8-9,11H2,1H3,(H,19,24)(H,21,23)/t14-/m0/s1. The number of nitrogens with zero attached hydrogens (tertiary/aromatic N) is 3. The molecule has 7 nitrogen and oxygen atoms in total. The van der Waals surface area contributed by atoms with E-state index in [1.165, 1.54) is 6.20 Å². The SMILES string of the molecule is Cc1ccc(CC(=O)N[C@H]2CCCN(c3ncc[nH]c3=O)C2)cn1. The summed E-state index contributed by atoms with van der Waals surface area (Å²) in [4.78, 5) is 37.0. The molecule has 7 heteroatoms. The highest BCUT2D eigenvalue weighted by atomic mass is 16.1. The second-order valence-corrected chi connectivity index (χ2v) is 6.08. The van der Waals surface area contributed by atoms with Gasteiger partial charge in [0.25, 0.3) is 5.56 Å². The number of aryl methyl sites for hydroxylation is 1. The Morgan fingerprint density at radius 3 is 3.04 bits per heavy atom. The van der Waals surface area contributed by atoms with Crippen molar-refractivity contribution in [3.63, 3.8) is 0 Å². The number of amides is 1. The minimum Gasteiger partial charge on any atom is -0.351 e. The monoisotopic (exact) mass is 327 g/mol. The lowest BCUT2D eigenvalue weighted by atomic mass is 10.1. The predicted molar refractivity (Wildman–Crippen MR) is 90.9 cm³/mol. The summed E-state index contributed by atoms with van der Waals surface area (Å²) in [6.07, 6.45) is 6.95. The lowest BCUT2D eigenvalue weighted by Crippen LogP contribution is -2.49. The first-order valence-corrected chi connectivity index (χ1v) is 8.11. The molecule has 0 aliphatic carbocycles. The lowest BCUT2D eigenvalue weighted by molar-refractivity contribution is -0.121. The van der Waals surface area contributed by atoms with Crippen LogP contribution < -0.4 is 15.8 Å².